The Bertz CT molecular complexity index is 849. The molecule has 0 aromatic heterocycles. The van der Waals surface area contributed by atoms with E-state index in [1.165, 1.54) is 6.07 Å². The topological polar surface area (TPSA) is 80.5 Å². The quantitative estimate of drug-likeness (QED) is 0.480. The molecule has 0 bridgehead atoms. The number of hydrogen-bond donors (Lipinski definition) is 0. The van der Waals surface area contributed by atoms with E-state index in [-0.39, 0.29) is 12.2 Å². The van der Waals surface area contributed by atoms with Crippen LogP contribution in [0.1, 0.15) is 11.1 Å². The lowest BCUT2D eigenvalue weighted by atomic mass is 10.1. The first-order valence-electron chi connectivity index (χ1n) is 7.09. The molecule has 2 aromatic rings. The van der Waals surface area contributed by atoms with Crippen LogP contribution in [0.3, 0.4) is 0 Å². The van der Waals surface area contributed by atoms with Crippen molar-refractivity contribution in [3.8, 4) is 0 Å². The molecule has 1 aliphatic rings. The highest BCUT2D eigenvalue weighted by Gasteiger charge is 2.36. The molecule has 0 atom stereocenters. The lowest BCUT2D eigenvalue weighted by Crippen LogP contribution is -2.27. The van der Waals surface area contributed by atoms with Crippen molar-refractivity contribution in [3.05, 3.63) is 80.7 Å². The molecule has 1 heterocycles. The van der Waals surface area contributed by atoms with Gasteiger partial charge in [0, 0.05) is 11.6 Å². The van der Waals surface area contributed by atoms with Crippen molar-refractivity contribution in [1.82, 2.24) is 4.90 Å². The summed E-state index contributed by atoms with van der Waals surface area (Å²) >= 11 is 0.839. The van der Waals surface area contributed by atoms with Gasteiger partial charge in [0.2, 0.25) is 0 Å². The van der Waals surface area contributed by atoms with E-state index < -0.39 is 16.1 Å². The van der Waals surface area contributed by atoms with Gasteiger partial charge < -0.3 is 0 Å². The highest BCUT2D eigenvalue weighted by molar-refractivity contribution is 8.18. The van der Waals surface area contributed by atoms with Gasteiger partial charge in [0.15, 0.2) is 0 Å². The van der Waals surface area contributed by atoms with Crippen molar-refractivity contribution in [2.45, 2.75) is 6.54 Å². The summed E-state index contributed by atoms with van der Waals surface area (Å²) in [4.78, 5) is 36.5. The zero-order valence-electron chi connectivity index (χ0n) is 12.4. The maximum Gasteiger partial charge on any atom is 0.293 e. The zero-order valence-corrected chi connectivity index (χ0v) is 13.2. The molecule has 0 radical (unpaired) electrons. The molecule has 2 aromatic carbocycles. The fourth-order valence-corrected chi connectivity index (χ4v) is 3.17. The van der Waals surface area contributed by atoms with Crippen molar-refractivity contribution in [2.24, 2.45) is 0 Å². The van der Waals surface area contributed by atoms with Crippen LogP contribution < -0.4 is 0 Å². The summed E-state index contributed by atoms with van der Waals surface area (Å²) in [6.07, 6.45) is 1.64. The number of benzene rings is 2. The van der Waals surface area contributed by atoms with Gasteiger partial charge >= 0.3 is 0 Å². The van der Waals surface area contributed by atoms with Crippen molar-refractivity contribution < 1.29 is 14.5 Å². The van der Waals surface area contributed by atoms with Gasteiger partial charge in [-0.15, -0.1) is 0 Å². The fourth-order valence-electron chi connectivity index (χ4n) is 2.33. The predicted octanol–water partition coefficient (Wildman–Crippen LogP) is 3.83. The second kappa shape index (κ2) is 6.67. The van der Waals surface area contributed by atoms with Crippen LogP contribution in [-0.4, -0.2) is 21.0 Å². The highest BCUT2D eigenvalue weighted by Crippen LogP contribution is 2.34. The number of nitro benzene ring substituents is 1. The predicted molar refractivity (Wildman–Crippen MR) is 91.1 cm³/mol. The zero-order chi connectivity index (χ0) is 17.1. The van der Waals surface area contributed by atoms with Crippen LogP contribution in [0.25, 0.3) is 6.08 Å². The number of hydrogen-bond acceptors (Lipinski definition) is 5. The molecule has 3 rings (SSSR count). The molecule has 0 N–H and O–H groups in total. The summed E-state index contributed by atoms with van der Waals surface area (Å²) in [5.41, 5.74) is 1.03. The molecule has 0 spiro atoms. The molecule has 6 nitrogen and oxygen atoms in total. The third-order valence-electron chi connectivity index (χ3n) is 3.49. The Balaban J connectivity index is 1.86. The SMILES string of the molecule is O=C1S/C(=C\c2ccccc2)C(=O)N1Cc1ccccc1[N+](=O)[O-]. The molecule has 1 fully saturated rings. The first kappa shape index (κ1) is 15.9. The number of amides is 2. The monoisotopic (exact) mass is 340 g/mol. The van der Waals surface area contributed by atoms with Crippen LogP contribution in [0.4, 0.5) is 10.5 Å². The number of carbonyl (C=O) groups excluding carboxylic acids is 2. The van der Waals surface area contributed by atoms with Crippen LogP contribution in [-0.2, 0) is 11.3 Å². The minimum absolute atomic E-state index is 0.108. The van der Waals surface area contributed by atoms with Crippen LogP contribution >= 0.6 is 11.8 Å². The van der Waals surface area contributed by atoms with Gasteiger partial charge in [-0.2, -0.15) is 0 Å². The van der Waals surface area contributed by atoms with E-state index in [0.717, 1.165) is 22.2 Å². The highest BCUT2D eigenvalue weighted by atomic mass is 32.2. The van der Waals surface area contributed by atoms with E-state index in [0.29, 0.717) is 10.5 Å². The van der Waals surface area contributed by atoms with Gasteiger partial charge in [-0.05, 0) is 23.4 Å². The Kier molecular flexibility index (Phi) is 4.43. The molecule has 7 heteroatoms. The van der Waals surface area contributed by atoms with E-state index in [9.17, 15) is 19.7 Å². The lowest BCUT2D eigenvalue weighted by molar-refractivity contribution is -0.385. The van der Waals surface area contributed by atoms with Crippen LogP contribution in [0, 0.1) is 10.1 Å². The van der Waals surface area contributed by atoms with E-state index >= 15 is 0 Å². The minimum Gasteiger partial charge on any atom is -0.268 e. The van der Waals surface area contributed by atoms with Crippen LogP contribution in [0.15, 0.2) is 59.5 Å². The lowest BCUT2D eigenvalue weighted by Gasteiger charge is -2.12. The van der Waals surface area contributed by atoms with Gasteiger partial charge in [-0.25, -0.2) is 0 Å². The first-order valence-corrected chi connectivity index (χ1v) is 7.90. The van der Waals surface area contributed by atoms with Gasteiger partial charge in [0.05, 0.1) is 16.4 Å². The number of imide groups is 1. The third-order valence-corrected chi connectivity index (χ3v) is 4.40. The molecule has 0 aliphatic carbocycles. The largest absolute Gasteiger partial charge is 0.293 e. The van der Waals surface area contributed by atoms with Crippen molar-refractivity contribution >= 4 is 34.7 Å². The Morgan fingerprint density at radius 3 is 2.42 bits per heavy atom. The molecule has 1 saturated heterocycles. The first-order chi connectivity index (χ1) is 11.6. The molecule has 2 amide bonds. The Morgan fingerprint density at radius 1 is 1.04 bits per heavy atom. The van der Waals surface area contributed by atoms with Crippen molar-refractivity contribution in [1.29, 1.82) is 0 Å². The van der Waals surface area contributed by atoms with Gasteiger partial charge in [-0.1, -0.05) is 48.5 Å². The summed E-state index contributed by atoms with van der Waals surface area (Å²) in [7, 11) is 0. The molecular weight excluding hydrogens is 328 g/mol. The minimum atomic E-state index is -0.520. The standard InChI is InChI=1S/C17H12N2O4S/c20-16-15(10-12-6-2-1-3-7-12)24-17(21)18(16)11-13-8-4-5-9-14(13)19(22)23/h1-10H,11H2/b15-10-. The van der Waals surface area contributed by atoms with Gasteiger partial charge in [0.25, 0.3) is 16.8 Å². The van der Waals surface area contributed by atoms with E-state index in [4.69, 9.17) is 0 Å². The summed E-state index contributed by atoms with van der Waals surface area (Å²) in [5, 5.41) is 10.6. The normalized spacial score (nSPS) is 16.0. The second-order valence-electron chi connectivity index (χ2n) is 5.06. The van der Waals surface area contributed by atoms with Crippen LogP contribution in [0.2, 0.25) is 0 Å². The van der Waals surface area contributed by atoms with Crippen molar-refractivity contribution in [2.75, 3.05) is 0 Å². The van der Waals surface area contributed by atoms with Gasteiger partial charge in [-0.3, -0.25) is 24.6 Å². The average Bonchev–Trinajstić information content (AvgIpc) is 2.84. The fraction of sp³-hybridized carbons (Fsp3) is 0.0588. The second-order valence-corrected chi connectivity index (χ2v) is 6.06. The van der Waals surface area contributed by atoms with Crippen molar-refractivity contribution in [3.63, 3.8) is 0 Å². The summed E-state index contributed by atoms with van der Waals surface area (Å²) < 4.78 is 0. The average molecular weight is 340 g/mol. The van der Waals surface area contributed by atoms with E-state index in [1.54, 1.807) is 24.3 Å². The Labute approximate surface area is 141 Å². The van der Waals surface area contributed by atoms with Crippen LogP contribution in [0.5, 0.6) is 0 Å². The summed E-state index contributed by atoms with van der Waals surface area (Å²) in [5.74, 6) is -0.438. The molecule has 120 valence electrons. The smallest absolute Gasteiger partial charge is 0.268 e. The summed E-state index contributed by atoms with van der Waals surface area (Å²) in [6, 6.07) is 15.3. The molecule has 1 aliphatic heterocycles. The number of nitrogens with zero attached hydrogens (tertiary/aromatic N) is 2. The maximum absolute atomic E-state index is 12.5. The maximum atomic E-state index is 12.5. The number of carbonyl (C=O) groups is 2. The van der Waals surface area contributed by atoms with E-state index in [1.807, 2.05) is 30.3 Å². The number of nitro groups is 1. The third kappa shape index (κ3) is 3.21. The Morgan fingerprint density at radius 2 is 1.71 bits per heavy atom. The number of para-hydroxylation sites is 1. The molecular formula is C17H12N2O4S. The molecule has 0 unspecified atom stereocenters. The number of thioether (sulfide) groups is 1. The summed E-state index contributed by atoms with van der Waals surface area (Å²) in [6.45, 7) is -0.117. The Hall–Kier alpha value is -2.93. The van der Waals surface area contributed by atoms with E-state index in [2.05, 4.69) is 0 Å². The number of rotatable bonds is 4. The molecule has 0 saturated carbocycles. The molecule has 24 heavy (non-hydrogen) atoms. The van der Waals surface area contributed by atoms with Gasteiger partial charge in [0.1, 0.15) is 0 Å².